The third-order valence-corrected chi connectivity index (χ3v) is 2.09. The summed E-state index contributed by atoms with van der Waals surface area (Å²) in [5.74, 6) is 0. The summed E-state index contributed by atoms with van der Waals surface area (Å²) in [7, 11) is 0. The van der Waals surface area contributed by atoms with Crippen molar-refractivity contribution in [1.29, 1.82) is 0 Å². The highest BCUT2D eigenvalue weighted by Gasteiger charge is 2.20. The van der Waals surface area contributed by atoms with Gasteiger partial charge in [0.2, 0.25) is 0 Å². The Morgan fingerprint density at radius 2 is 2.67 bits per heavy atom. The zero-order chi connectivity index (χ0) is 6.10. The van der Waals surface area contributed by atoms with Gasteiger partial charge in [0.05, 0.1) is 0 Å². The summed E-state index contributed by atoms with van der Waals surface area (Å²) in [5, 5.41) is 3.44. The Kier molecular flexibility index (Phi) is 1.18. The molecule has 0 aromatic carbocycles. The van der Waals surface area contributed by atoms with Crippen LogP contribution in [0.4, 0.5) is 0 Å². The van der Waals surface area contributed by atoms with E-state index in [0.29, 0.717) is 6.04 Å². The van der Waals surface area contributed by atoms with Crippen molar-refractivity contribution in [3.8, 4) is 0 Å². The smallest absolute Gasteiger partial charge is 0.0358 e. The number of rotatable bonds is 0. The average molecular weight is 121 g/mol. The van der Waals surface area contributed by atoms with Crippen molar-refractivity contribution in [3.63, 3.8) is 0 Å². The zero-order valence-corrected chi connectivity index (χ0v) is 5.48. The minimum atomic E-state index is 0.690. The molecule has 0 radical (unpaired) electrons. The van der Waals surface area contributed by atoms with Crippen LogP contribution in [0.1, 0.15) is 19.3 Å². The molecule has 0 saturated carbocycles. The summed E-state index contributed by atoms with van der Waals surface area (Å²) in [5.41, 5.74) is 4.81. The molecule has 1 fully saturated rings. The normalized spacial score (nSPS) is 32.0. The molecule has 1 aliphatic heterocycles. The van der Waals surface area contributed by atoms with Gasteiger partial charge in [-0.2, -0.15) is 0 Å². The molecule has 1 atom stereocenters. The van der Waals surface area contributed by atoms with Crippen LogP contribution in [0.5, 0.6) is 0 Å². The maximum Gasteiger partial charge on any atom is 0.0358 e. The SMILES string of the molecule is C1=CCCC2NCCC=12. The van der Waals surface area contributed by atoms with Gasteiger partial charge in [0, 0.05) is 12.6 Å². The fourth-order valence-electron chi connectivity index (χ4n) is 1.58. The molecule has 48 valence electrons. The highest BCUT2D eigenvalue weighted by molar-refractivity contribution is 5.18. The van der Waals surface area contributed by atoms with Gasteiger partial charge in [-0.15, -0.1) is 5.73 Å². The Morgan fingerprint density at radius 1 is 1.67 bits per heavy atom. The van der Waals surface area contributed by atoms with Gasteiger partial charge in [-0.3, -0.25) is 0 Å². The Morgan fingerprint density at radius 3 is 3.56 bits per heavy atom. The first-order valence-corrected chi connectivity index (χ1v) is 3.64. The first-order valence-electron chi connectivity index (χ1n) is 3.64. The van der Waals surface area contributed by atoms with Crippen molar-refractivity contribution in [3.05, 3.63) is 17.4 Å². The average Bonchev–Trinajstić information content (AvgIpc) is 2.33. The maximum atomic E-state index is 3.44. The lowest BCUT2D eigenvalue weighted by molar-refractivity contribution is 0.613. The first kappa shape index (κ1) is 5.28. The van der Waals surface area contributed by atoms with Gasteiger partial charge < -0.3 is 5.32 Å². The molecule has 0 aromatic rings. The third-order valence-electron chi connectivity index (χ3n) is 2.09. The number of fused-ring (bicyclic) bond motifs is 1. The molecule has 0 spiro atoms. The van der Waals surface area contributed by atoms with Crippen molar-refractivity contribution >= 4 is 0 Å². The Bertz CT molecular complexity index is 173. The monoisotopic (exact) mass is 121 g/mol. The van der Waals surface area contributed by atoms with Crippen molar-refractivity contribution in [1.82, 2.24) is 5.32 Å². The van der Waals surface area contributed by atoms with E-state index >= 15 is 0 Å². The number of hydrogen-bond donors (Lipinski definition) is 1. The molecule has 1 saturated heterocycles. The molecule has 1 heteroatoms. The molecule has 2 aliphatic rings. The van der Waals surface area contributed by atoms with Gasteiger partial charge in [-0.05, 0) is 30.9 Å². The molecule has 1 heterocycles. The van der Waals surface area contributed by atoms with E-state index in [1.165, 1.54) is 31.4 Å². The van der Waals surface area contributed by atoms with Crippen LogP contribution in [-0.2, 0) is 0 Å². The highest BCUT2D eigenvalue weighted by Crippen LogP contribution is 2.20. The topological polar surface area (TPSA) is 12.0 Å². The predicted molar refractivity (Wildman–Crippen MR) is 37.2 cm³/mol. The van der Waals surface area contributed by atoms with Gasteiger partial charge in [0.15, 0.2) is 0 Å². The van der Waals surface area contributed by atoms with Crippen molar-refractivity contribution < 1.29 is 0 Å². The molecule has 0 aromatic heterocycles. The second kappa shape index (κ2) is 2.02. The van der Waals surface area contributed by atoms with Gasteiger partial charge in [0.1, 0.15) is 0 Å². The summed E-state index contributed by atoms with van der Waals surface area (Å²) >= 11 is 0. The van der Waals surface area contributed by atoms with Crippen LogP contribution in [0.3, 0.4) is 0 Å². The van der Waals surface area contributed by atoms with Crippen molar-refractivity contribution in [2.24, 2.45) is 0 Å². The third kappa shape index (κ3) is 0.827. The van der Waals surface area contributed by atoms with E-state index in [4.69, 9.17) is 0 Å². The Balaban J connectivity index is 2.30. The van der Waals surface area contributed by atoms with Crippen LogP contribution in [0.15, 0.2) is 17.4 Å². The van der Waals surface area contributed by atoms with Gasteiger partial charge in [-0.1, -0.05) is 0 Å². The summed E-state index contributed by atoms with van der Waals surface area (Å²) in [6, 6.07) is 0.690. The van der Waals surface area contributed by atoms with E-state index < -0.39 is 0 Å². The van der Waals surface area contributed by atoms with E-state index in [1.807, 2.05) is 0 Å². The molecule has 1 nitrogen and oxygen atoms in total. The van der Waals surface area contributed by atoms with Crippen molar-refractivity contribution in [2.75, 3.05) is 6.54 Å². The first-order chi connectivity index (χ1) is 4.47. The van der Waals surface area contributed by atoms with Gasteiger partial charge >= 0.3 is 0 Å². The van der Waals surface area contributed by atoms with Crippen LogP contribution >= 0.6 is 0 Å². The van der Waals surface area contributed by atoms with Crippen LogP contribution in [0, 0.1) is 0 Å². The maximum absolute atomic E-state index is 3.44. The minimum absolute atomic E-state index is 0.690. The van der Waals surface area contributed by atoms with E-state index in [2.05, 4.69) is 17.1 Å². The lowest BCUT2D eigenvalue weighted by atomic mass is 10.0. The summed E-state index contributed by atoms with van der Waals surface area (Å²) < 4.78 is 0. The fraction of sp³-hybridized carbons (Fsp3) is 0.625. The Hall–Kier alpha value is -0.520. The van der Waals surface area contributed by atoms with Gasteiger partial charge in [-0.25, -0.2) is 0 Å². The second-order valence-corrected chi connectivity index (χ2v) is 2.71. The molecule has 0 bridgehead atoms. The molecule has 0 amide bonds. The van der Waals surface area contributed by atoms with Crippen LogP contribution in [-0.4, -0.2) is 12.6 Å². The molecule has 1 unspecified atom stereocenters. The predicted octanol–water partition coefficient (Wildman–Crippen LogP) is 1.22. The molecule has 2 rings (SSSR count). The van der Waals surface area contributed by atoms with Crippen LogP contribution < -0.4 is 5.32 Å². The number of nitrogens with one attached hydrogen (secondary N) is 1. The van der Waals surface area contributed by atoms with E-state index in [-0.39, 0.29) is 0 Å². The van der Waals surface area contributed by atoms with Crippen LogP contribution in [0.25, 0.3) is 0 Å². The summed E-state index contributed by atoms with van der Waals surface area (Å²) in [6.07, 6.45) is 5.89. The lowest BCUT2D eigenvalue weighted by Crippen LogP contribution is -2.22. The molecule has 1 aliphatic carbocycles. The summed E-state index contributed by atoms with van der Waals surface area (Å²) in [4.78, 5) is 0. The number of hydrogen-bond acceptors (Lipinski definition) is 1. The largest absolute Gasteiger partial charge is 0.309 e. The standard InChI is InChI=1S/C8H11N/c1-2-4-8-7(3-1)5-6-9-8/h1,8-9H,2,4-6H2. The van der Waals surface area contributed by atoms with Gasteiger partial charge in [0.25, 0.3) is 0 Å². The summed E-state index contributed by atoms with van der Waals surface area (Å²) in [6.45, 7) is 1.17. The van der Waals surface area contributed by atoms with E-state index in [9.17, 15) is 0 Å². The van der Waals surface area contributed by atoms with Crippen LogP contribution in [0.2, 0.25) is 0 Å². The zero-order valence-electron chi connectivity index (χ0n) is 5.48. The fourth-order valence-corrected chi connectivity index (χ4v) is 1.58. The van der Waals surface area contributed by atoms with E-state index in [1.54, 1.807) is 0 Å². The lowest BCUT2D eigenvalue weighted by Gasteiger charge is -2.11. The molecular weight excluding hydrogens is 110 g/mol. The molecule has 1 N–H and O–H groups in total. The highest BCUT2D eigenvalue weighted by atomic mass is 14.9. The molecular formula is C8H11N. The minimum Gasteiger partial charge on any atom is -0.309 e. The van der Waals surface area contributed by atoms with Crippen molar-refractivity contribution in [2.45, 2.75) is 25.3 Å². The molecule has 9 heavy (non-hydrogen) atoms. The second-order valence-electron chi connectivity index (χ2n) is 2.71. The van der Waals surface area contributed by atoms with E-state index in [0.717, 1.165) is 0 Å². The quantitative estimate of drug-likeness (QED) is 0.475. The Labute approximate surface area is 55.5 Å².